The van der Waals surface area contributed by atoms with Crippen molar-refractivity contribution in [1.82, 2.24) is 14.9 Å². The molecule has 178 valence electrons. The van der Waals surface area contributed by atoms with Crippen molar-refractivity contribution in [2.75, 3.05) is 5.32 Å². The van der Waals surface area contributed by atoms with Gasteiger partial charge in [0, 0.05) is 32.0 Å². The molecule has 2 N–H and O–H groups in total. The fourth-order valence-electron chi connectivity index (χ4n) is 4.10. The van der Waals surface area contributed by atoms with Gasteiger partial charge in [0.25, 0.3) is 5.56 Å². The SMILES string of the molecule is CC(=O)Nc1cccc(C(C)N(Cc2ccccc2)C(=O)CCc2nc3ccccc3c(=O)[nH]2)c1. The van der Waals surface area contributed by atoms with Gasteiger partial charge in [-0.2, -0.15) is 0 Å². The number of hydrogen-bond acceptors (Lipinski definition) is 4. The Bertz CT molecular complexity index is 1400. The molecule has 1 unspecified atom stereocenters. The van der Waals surface area contributed by atoms with Gasteiger partial charge in [0.2, 0.25) is 11.8 Å². The first kappa shape index (κ1) is 23.9. The summed E-state index contributed by atoms with van der Waals surface area (Å²) in [6.07, 6.45) is 0.521. The Kier molecular flexibility index (Phi) is 7.35. The van der Waals surface area contributed by atoms with E-state index in [0.29, 0.717) is 35.4 Å². The number of hydrogen-bond donors (Lipinski definition) is 2. The standard InChI is InChI=1S/C28H28N4O3/c1-19(22-11-8-12-23(17-22)29-20(2)33)32(18-21-9-4-3-5-10-21)27(34)16-15-26-30-25-14-7-6-13-24(25)28(35)31-26/h3-14,17,19H,15-16,18H2,1-2H3,(H,29,33)(H,30,31,35). The van der Waals surface area contributed by atoms with E-state index in [1.807, 2.05) is 72.5 Å². The van der Waals surface area contributed by atoms with Crippen molar-refractivity contribution in [2.24, 2.45) is 0 Å². The van der Waals surface area contributed by atoms with E-state index in [-0.39, 0.29) is 29.8 Å². The zero-order chi connectivity index (χ0) is 24.8. The van der Waals surface area contributed by atoms with Crippen LogP contribution in [0.3, 0.4) is 0 Å². The predicted molar refractivity (Wildman–Crippen MR) is 137 cm³/mol. The van der Waals surface area contributed by atoms with Gasteiger partial charge in [0.15, 0.2) is 0 Å². The highest BCUT2D eigenvalue weighted by Gasteiger charge is 2.22. The molecule has 0 saturated carbocycles. The minimum Gasteiger partial charge on any atom is -0.332 e. The number of amides is 2. The first-order chi connectivity index (χ1) is 16.9. The van der Waals surface area contributed by atoms with Crippen molar-refractivity contribution in [3.63, 3.8) is 0 Å². The predicted octanol–water partition coefficient (Wildman–Crippen LogP) is 4.60. The summed E-state index contributed by atoms with van der Waals surface area (Å²) < 4.78 is 0. The van der Waals surface area contributed by atoms with Crippen LogP contribution in [0, 0.1) is 0 Å². The van der Waals surface area contributed by atoms with Gasteiger partial charge in [-0.1, -0.05) is 54.6 Å². The Balaban J connectivity index is 1.57. The van der Waals surface area contributed by atoms with Crippen LogP contribution >= 0.6 is 0 Å². The number of carbonyl (C=O) groups excluding carboxylic acids is 2. The molecule has 2 amide bonds. The van der Waals surface area contributed by atoms with Gasteiger partial charge >= 0.3 is 0 Å². The van der Waals surface area contributed by atoms with Gasteiger partial charge in [-0.15, -0.1) is 0 Å². The molecule has 0 fully saturated rings. The van der Waals surface area contributed by atoms with Crippen LogP contribution < -0.4 is 10.9 Å². The Morgan fingerprint density at radius 2 is 1.74 bits per heavy atom. The summed E-state index contributed by atoms with van der Waals surface area (Å²) >= 11 is 0. The maximum absolute atomic E-state index is 13.5. The molecule has 4 rings (SSSR count). The number of carbonyl (C=O) groups is 2. The zero-order valence-corrected chi connectivity index (χ0v) is 19.8. The van der Waals surface area contributed by atoms with Crippen molar-refractivity contribution in [3.05, 3.63) is 106 Å². The van der Waals surface area contributed by atoms with Crippen molar-refractivity contribution in [2.45, 2.75) is 39.3 Å². The van der Waals surface area contributed by atoms with Gasteiger partial charge in [-0.3, -0.25) is 14.4 Å². The van der Waals surface area contributed by atoms with Gasteiger partial charge in [0.1, 0.15) is 5.82 Å². The fraction of sp³-hybridized carbons (Fsp3) is 0.214. The molecule has 0 aliphatic carbocycles. The number of para-hydroxylation sites is 1. The molecular weight excluding hydrogens is 440 g/mol. The number of nitrogens with one attached hydrogen (secondary N) is 2. The van der Waals surface area contributed by atoms with Gasteiger partial charge in [-0.25, -0.2) is 4.98 Å². The number of rotatable bonds is 8. The van der Waals surface area contributed by atoms with E-state index >= 15 is 0 Å². The highest BCUT2D eigenvalue weighted by molar-refractivity contribution is 5.88. The second-order valence-corrected chi connectivity index (χ2v) is 8.52. The maximum Gasteiger partial charge on any atom is 0.258 e. The minimum atomic E-state index is -0.236. The van der Waals surface area contributed by atoms with Crippen LogP contribution in [0.1, 0.15) is 43.3 Å². The monoisotopic (exact) mass is 468 g/mol. The van der Waals surface area contributed by atoms with E-state index in [4.69, 9.17) is 0 Å². The average molecular weight is 469 g/mol. The second kappa shape index (κ2) is 10.8. The zero-order valence-electron chi connectivity index (χ0n) is 19.8. The third-order valence-corrected chi connectivity index (χ3v) is 5.91. The molecule has 1 atom stereocenters. The molecule has 0 bridgehead atoms. The minimum absolute atomic E-state index is 0.0536. The number of nitrogens with zero attached hydrogens (tertiary/aromatic N) is 2. The topological polar surface area (TPSA) is 95.2 Å². The third kappa shape index (κ3) is 6.00. The summed E-state index contributed by atoms with van der Waals surface area (Å²) in [7, 11) is 0. The van der Waals surface area contributed by atoms with E-state index in [1.54, 1.807) is 18.2 Å². The summed E-state index contributed by atoms with van der Waals surface area (Å²) in [4.78, 5) is 46.5. The fourth-order valence-corrected chi connectivity index (χ4v) is 4.10. The number of benzene rings is 3. The molecule has 7 heteroatoms. The molecular formula is C28H28N4O3. The summed E-state index contributed by atoms with van der Waals surface area (Å²) in [5.74, 6) is 0.285. The Hall–Kier alpha value is -4.26. The first-order valence-corrected chi connectivity index (χ1v) is 11.6. The molecule has 3 aromatic carbocycles. The highest BCUT2D eigenvalue weighted by Crippen LogP contribution is 2.26. The molecule has 7 nitrogen and oxygen atoms in total. The second-order valence-electron chi connectivity index (χ2n) is 8.52. The summed E-state index contributed by atoms with van der Waals surface area (Å²) in [5, 5.41) is 3.33. The Morgan fingerprint density at radius 3 is 2.51 bits per heavy atom. The van der Waals surface area contributed by atoms with Gasteiger partial charge in [-0.05, 0) is 42.3 Å². The summed E-state index contributed by atoms with van der Waals surface area (Å²) in [5.41, 5.74) is 3.03. The van der Waals surface area contributed by atoms with Crippen molar-refractivity contribution < 1.29 is 9.59 Å². The number of fused-ring (bicyclic) bond motifs is 1. The van der Waals surface area contributed by atoms with Crippen LogP contribution in [-0.4, -0.2) is 26.7 Å². The Morgan fingerprint density at radius 1 is 1.00 bits per heavy atom. The molecule has 0 spiro atoms. The van der Waals surface area contributed by atoms with E-state index in [2.05, 4.69) is 15.3 Å². The third-order valence-electron chi connectivity index (χ3n) is 5.91. The molecule has 0 aliphatic heterocycles. The molecule has 4 aromatic rings. The Labute approximate surface area is 203 Å². The molecule has 0 radical (unpaired) electrons. The lowest BCUT2D eigenvalue weighted by Crippen LogP contribution is -2.33. The van der Waals surface area contributed by atoms with Gasteiger partial charge < -0.3 is 15.2 Å². The molecule has 0 saturated heterocycles. The van der Waals surface area contributed by atoms with Crippen molar-refractivity contribution >= 4 is 28.4 Å². The molecule has 1 aromatic heterocycles. The van der Waals surface area contributed by atoms with Crippen LogP contribution in [-0.2, 0) is 22.6 Å². The summed E-state index contributed by atoms with van der Waals surface area (Å²) in [6, 6.07) is 24.3. The molecule has 35 heavy (non-hydrogen) atoms. The molecule has 0 aliphatic rings. The van der Waals surface area contributed by atoms with E-state index < -0.39 is 0 Å². The smallest absolute Gasteiger partial charge is 0.258 e. The van der Waals surface area contributed by atoms with Crippen LogP contribution in [0.25, 0.3) is 10.9 Å². The van der Waals surface area contributed by atoms with Crippen LogP contribution in [0.15, 0.2) is 83.7 Å². The summed E-state index contributed by atoms with van der Waals surface area (Å²) in [6.45, 7) is 3.88. The van der Waals surface area contributed by atoms with E-state index in [1.165, 1.54) is 6.92 Å². The van der Waals surface area contributed by atoms with E-state index in [0.717, 1.165) is 11.1 Å². The van der Waals surface area contributed by atoms with E-state index in [9.17, 15) is 14.4 Å². The average Bonchev–Trinajstić information content (AvgIpc) is 2.86. The molecule has 1 heterocycles. The van der Waals surface area contributed by atoms with Crippen molar-refractivity contribution in [3.8, 4) is 0 Å². The maximum atomic E-state index is 13.5. The lowest BCUT2D eigenvalue weighted by atomic mass is 10.0. The van der Waals surface area contributed by atoms with Crippen LogP contribution in [0.2, 0.25) is 0 Å². The van der Waals surface area contributed by atoms with Gasteiger partial charge in [0.05, 0.1) is 16.9 Å². The van der Waals surface area contributed by atoms with Crippen LogP contribution in [0.5, 0.6) is 0 Å². The normalized spacial score (nSPS) is 11.7. The quantitative estimate of drug-likeness (QED) is 0.395. The number of aromatic nitrogens is 2. The first-order valence-electron chi connectivity index (χ1n) is 11.6. The lowest BCUT2D eigenvalue weighted by molar-refractivity contribution is -0.134. The lowest BCUT2D eigenvalue weighted by Gasteiger charge is -2.30. The number of aryl methyl sites for hydroxylation is 1. The number of aromatic amines is 1. The number of anilines is 1. The number of H-pyrrole nitrogens is 1. The highest BCUT2D eigenvalue weighted by atomic mass is 16.2. The largest absolute Gasteiger partial charge is 0.332 e. The van der Waals surface area contributed by atoms with Crippen molar-refractivity contribution in [1.29, 1.82) is 0 Å². The van der Waals surface area contributed by atoms with Crippen LogP contribution in [0.4, 0.5) is 5.69 Å².